The molecule has 0 bridgehead atoms. The fraction of sp³-hybridized carbons (Fsp3) is 0.611. The van der Waals surface area contributed by atoms with E-state index in [0.717, 1.165) is 44.3 Å². The maximum absolute atomic E-state index is 12.3. The molecule has 4 heteroatoms. The Morgan fingerprint density at radius 1 is 1.09 bits per heavy atom. The highest BCUT2D eigenvalue weighted by Crippen LogP contribution is 2.30. The standard InChI is InChI=1S/C18H26N2O2/c21-17(14-6-2-1-3-7-14)15-10-12-20(13-11-15)18(22)19-16-8-4-5-9-16/h1-3,6-7,15-17,21H,4-5,8-13H2,(H,19,22)/t17-/m1/s1. The van der Waals surface area contributed by atoms with Crippen molar-refractivity contribution in [3.63, 3.8) is 0 Å². The van der Waals surface area contributed by atoms with Crippen LogP contribution in [-0.4, -0.2) is 35.2 Å². The Kier molecular flexibility index (Phi) is 4.98. The van der Waals surface area contributed by atoms with E-state index in [-0.39, 0.29) is 11.9 Å². The van der Waals surface area contributed by atoms with Crippen LogP contribution in [0.4, 0.5) is 4.79 Å². The first-order valence-corrected chi connectivity index (χ1v) is 8.52. The molecule has 1 aromatic carbocycles. The van der Waals surface area contributed by atoms with Crippen LogP contribution in [-0.2, 0) is 0 Å². The lowest BCUT2D eigenvalue weighted by molar-refractivity contribution is 0.0661. The summed E-state index contributed by atoms with van der Waals surface area (Å²) in [6.07, 6.45) is 6.03. The number of urea groups is 1. The van der Waals surface area contributed by atoms with Crippen LogP contribution in [0.25, 0.3) is 0 Å². The van der Waals surface area contributed by atoms with E-state index in [1.807, 2.05) is 35.2 Å². The smallest absolute Gasteiger partial charge is 0.317 e. The molecule has 0 radical (unpaired) electrons. The normalized spacial score (nSPS) is 21.8. The third kappa shape index (κ3) is 3.61. The van der Waals surface area contributed by atoms with Crippen LogP contribution in [0, 0.1) is 5.92 Å². The summed E-state index contributed by atoms with van der Waals surface area (Å²) in [7, 11) is 0. The molecule has 0 aromatic heterocycles. The van der Waals surface area contributed by atoms with Gasteiger partial charge in [0.25, 0.3) is 0 Å². The van der Waals surface area contributed by atoms with Gasteiger partial charge >= 0.3 is 6.03 Å². The Bertz CT molecular complexity index is 477. The molecule has 2 aliphatic rings. The number of rotatable bonds is 3. The SMILES string of the molecule is O=C(NC1CCCC1)N1CCC([C@H](O)c2ccccc2)CC1. The van der Waals surface area contributed by atoms with Gasteiger partial charge in [-0.2, -0.15) is 0 Å². The zero-order chi connectivity index (χ0) is 15.4. The van der Waals surface area contributed by atoms with Crippen molar-refractivity contribution < 1.29 is 9.90 Å². The summed E-state index contributed by atoms with van der Waals surface area (Å²) in [6, 6.07) is 10.3. The molecule has 2 N–H and O–H groups in total. The number of carbonyl (C=O) groups is 1. The van der Waals surface area contributed by atoms with Gasteiger partial charge < -0.3 is 15.3 Å². The molecule has 0 spiro atoms. The van der Waals surface area contributed by atoms with Crippen molar-refractivity contribution in [3.8, 4) is 0 Å². The van der Waals surface area contributed by atoms with Crippen molar-refractivity contribution in [1.29, 1.82) is 0 Å². The van der Waals surface area contributed by atoms with Gasteiger partial charge in [0.05, 0.1) is 6.10 Å². The maximum Gasteiger partial charge on any atom is 0.317 e. The first kappa shape index (κ1) is 15.3. The highest BCUT2D eigenvalue weighted by Gasteiger charge is 2.29. The van der Waals surface area contributed by atoms with E-state index < -0.39 is 6.10 Å². The minimum atomic E-state index is -0.416. The van der Waals surface area contributed by atoms with Crippen molar-refractivity contribution in [3.05, 3.63) is 35.9 Å². The number of hydrogen-bond donors (Lipinski definition) is 2. The lowest BCUT2D eigenvalue weighted by Crippen LogP contribution is -2.47. The molecule has 22 heavy (non-hydrogen) atoms. The largest absolute Gasteiger partial charge is 0.388 e. The number of benzene rings is 1. The van der Waals surface area contributed by atoms with Crippen LogP contribution in [0.2, 0.25) is 0 Å². The van der Waals surface area contributed by atoms with E-state index in [2.05, 4.69) is 5.32 Å². The Hall–Kier alpha value is -1.55. The van der Waals surface area contributed by atoms with Gasteiger partial charge in [0.15, 0.2) is 0 Å². The predicted octanol–water partition coefficient (Wildman–Crippen LogP) is 3.08. The molecule has 4 nitrogen and oxygen atoms in total. The van der Waals surface area contributed by atoms with Crippen molar-refractivity contribution in [2.75, 3.05) is 13.1 Å². The number of nitrogens with zero attached hydrogens (tertiary/aromatic N) is 1. The molecule has 120 valence electrons. The van der Waals surface area contributed by atoms with Crippen LogP contribution in [0.3, 0.4) is 0 Å². The topological polar surface area (TPSA) is 52.6 Å². The van der Waals surface area contributed by atoms with Crippen molar-refractivity contribution in [2.24, 2.45) is 5.92 Å². The third-order valence-corrected chi connectivity index (χ3v) is 5.10. The van der Waals surface area contributed by atoms with E-state index in [4.69, 9.17) is 0 Å². The van der Waals surface area contributed by atoms with Gasteiger partial charge in [0.1, 0.15) is 0 Å². The minimum Gasteiger partial charge on any atom is -0.388 e. The zero-order valence-electron chi connectivity index (χ0n) is 13.1. The quantitative estimate of drug-likeness (QED) is 0.901. The molecule has 1 aliphatic carbocycles. The zero-order valence-corrected chi connectivity index (χ0v) is 13.1. The molecule has 1 atom stereocenters. The monoisotopic (exact) mass is 302 g/mol. The second kappa shape index (κ2) is 7.14. The number of nitrogens with one attached hydrogen (secondary N) is 1. The van der Waals surface area contributed by atoms with Crippen molar-refractivity contribution in [2.45, 2.75) is 50.7 Å². The Balaban J connectivity index is 1.48. The van der Waals surface area contributed by atoms with Crippen LogP contribution < -0.4 is 5.32 Å². The Morgan fingerprint density at radius 2 is 1.73 bits per heavy atom. The number of aliphatic hydroxyl groups is 1. The molecule has 2 amide bonds. The van der Waals surface area contributed by atoms with Crippen LogP contribution in [0.5, 0.6) is 0 Å². The molecule has 1 saturated carbocycles. The van der Waals surface area contributed by atoms with E-state index >= 15 is 0 Å². The number of amides is 2. The summed E-state index contributed by atoms with van der Waals surface area (Å²) in [5.74, 6) is 0.248. The fourth-order valence-corrected chi connectivity index (χ4v) is 3.68. The molecule has 0 unspecified atom stereocenters. The maximum atomic E-state index is 12.3. The minimum absolute atomic E-state index is 0.0829. The van der Waals surface area contributed by atoms with Gasteiger partial charge in [-0.15, -0.1) is 0 Å². The fourth-order valence-electron chi connectivity index (χ4n) is 3.68. The van der Waals surface area contributed by atoms with Gasteiger partial charge in [0, 0.05) is 19.1 Å². The Labute approximate surface area is 132 Å². The predicted molar refractivity (Wildman–Crippen MR) is 86.5 cm³/mol. The van der Waals surface area contributed by atoms with E-state index in [0.29, 0.717) is 6.04 Å². The lowest BCUT2D eigenvalue weighted by Gasteiger charge is -2.35. The molecular formula is C18H26N2O2. The van der Waals surface area contributed by atoms with Crippen LogP contribution in [0.15, 0.2) is 30.3 Å². The van der Waals surface area contributed by atoms with E-state index in [1.165, 1.54) is 12.8 Å². The summed E-state index contributed by atoms with van der Waals surface area (Å²) in [6.45, 7) is 1.49. The van der Waals surface area contributed by atoms with Crippen molar-refractivity contribution >= 4 is 6.03 Å². The first-order chi connectivity index (χ1) is 10.7. The third-order valence-electron chi connectivity index (χ3n) is 5.10. The average Bonchev–Trinajstić information content (AvgIpc) is 3.08. The average molecular weight is 302 g/mol. The van der Waals surface area contributed by atoms with Gasteiger partial charge in [-0.25, -0.2) is 4.79 Å². The number of piperidine rings is 1. The molecule has 1 aliphatic heterocycles. The van der Waals surface area contributed by atoms with Gasteiger partial charge in [0.2, 0.25) is 0 Å². The first-order valence-electron chi connectivity index (χ1n) is 8.52. The van der Waals surface area contributed by atoms with E-state index in [9.17, 15) is 9.90 Å². The van der Waals surface area contributed by atoms with Gasteiger partial charge in [-0.1, -0.05) is 43.2 Å². The molecular weight excluding hydrogens is 276 g/mol. The number of carbonyl (C=O) groups excluding carboxylic acids is 1. The summed E-state index contributed by atoms with van der Waals surface area (Å²) >= 11 is 0. The number of aliphatic hydroxyl groups excluding tert-OH is 1. The van der Waals surface area contributed by atoms with E-state index in [1.54, 1.807) is 0 Å². The summed E-state index contributed by atoms with van der Waals surface area (Å²) in [5, 5.41) is 13.6. The summed E-state index contributed by atoms with van der Waals surface area (Å²) < 4.78 is 0. The van der Waals surface area contributed by atoms with Crippen molar-refractivity contribution in [1.82, 2.24) is 10.2 Å². The molecule has 2 fully saturated rings. The highest BCUT2D eigenvalue weighted by molar-refractivity contribution is 5.74. The number of likely N-dealkylation sites (tertiary alicyclic amines) is 1. The van der Waals surface area contributed by atoms with Crippen LogP contribution in [0.1, 0.15) is 50.2 Å². The molecule has 1 heterocycles. The molecule has 1 saturated heterocycles. The molecule has 1 aromatic rings. The highest BCUT2D eigenvalue weighted by atomic mass is 16.3. The summed E-state index contributed by atoms with van der Waals surface area (Å²) in [4.78, 5) is 14.2. The molecule has 3 rings (SSSR count). The Morgan fingerprint density at radius 3 is 2.36 bits per heavy atom. The summed E-state index contributed by atoms with van der Waals surface area (Å²) in [5.41, 5.74) is 0.983. The number of hydrogen-bond acceptors (Lipinski definition) is 2. The second-order valence-electron chi connectivity index (χ2n) is 6.61. The second-order valence-corrected chi connectivity index (χ2v) is 6.61. The van der Waals surface area contributed by atoms with Gasteiger partial charge in [-0.3, -0.25) is 0 Å². The lowest BCUT2D eigenvalue weighted by atomic mass is 9.87. The van der Waals surface area contributed by atoms with Gasteiger partial charge in [-0.05, 0) is 37.2 Å². The van der Waals surface area contributed by atoms with Crippen LogP contribution >= 0.6 is 0 Å².